The van der Waals surface area contributed by atoms with E-state index in [2.05, 4.69) is 10.0 Å². The van der Waals surface area contributed by atoms with Crippen molar-refractivity contribution in [1.29, 1.82) is 0 Å². The average molecular weight is 495 g/mol. The maximum Gasteiger partial charge on any atom is 0.261 e. The molecule has 0 heterocycles. The lowest BCUT2D eigenvalue weighted by Crippen LogP contribution is -2.28. The van der Waals surface area contributed by atoms with E-state index in [1.807, 2.05) is 42.5 Å². The summed E-state index contributed by atoms with van der Waals surface area (Å²) in [5.74, 6) is 0.166. The van der Waals surface area contributed by atoms with Gasteiger partial charge < -0.3 is 10.1 Å². The van der Waals surface area contributed by atoms with E-state index >= 15 is 0 Å². The van der Waals surface area contributed by atoms with E-state index in [1.54, 1.807) is 37.3 Å². The minimum Gasteiger partial charge on any atom is -0.484 e. The monoisotopic (exact) mass is 494 g/mol. The Labute approximate surface area is 203 Å². The molecule has 174 valence electrons. The van der Waals surface area contributed by atoms with Gasteiger partial charge in [-0.15, -0.1) is 0 Å². The van der Waals surface area contributed by atoms with Crippen LogP contribution >= 0.6 is 11.6 Å². The molecule has 0 radical (unpaired) electrons. The summed E-state index contributed by atoms with van der Waals surface area (Å²) in [4.78, 5) is 12.4. The van der Waals surface area contributed by atoms with Gasteiger partial charge >= 0.3 is 0 Å². The van der Waals surface area contributed by atoms with Crippen molar-refractivity contribution >= 4 is 44.0 Å². The predicted molar refractivity (Wildman–Crippen MR) is 135 cm³/mol. The summed E-state index contributed by atoms with van der Waals surface area (Å²) in [5, 5.41) is 5.59. The van der Waals surface area contributed by atoms with Crippen LogP contribution in [-0.2, 0) is 21.4 Å². The Kier molecular flexibility index (Phi) is 7.05. The number of amides is 1. The van der Waals surface area contributed by atoms with Gasteiger partial charge in [0.15, 0.2) is 6.61 Å². The van der Waals surface area contributed by atoms with Crippen LogP contribution in [0.25, 0.3) is 10.8 Å². The number of fused-ring (bicyclic) bond motifs is 1. The van der Waals surface area contributed by atoms with Crippen molar-refractivity contribution < 1.29 is 17.9 Å². The fourth-order valence-electron chi connectivity index (χ4n) is 3.52. The molecule has 6 nitrogen and oxygen atoms in total. The zero-order valence-corrected chi connectivity index (χ0v) is 20.0. The topological polar surface area (TPSA) is 84.5 Å². The Balaban J connectivity index is 1.36. The maximum atomic E-state index is 12.7. The van der Waals surface area contributed by atoms with Crippen LogP contribution in [0.4, 0.5) is 5.69 Å². The number of hydrogen-bond donors (Lipinski definition) is 2. The molecular formula is C26H23ClN2O4S. The summed E-state index contributed by atoms with van der Waals surface area (Å²) >= 11 is 5.84. The first-order chi connectivity index (χ1) is 16.3. The molecule has 0 aliphatic rings. The summed E-state index contributed by atoms with van der Waals surface area (Å²) in [6, 6.07) is 24.8. The summed E-state index contributed by atoms with van der Waals surface area (Å²) in [5.41, 5.74) is 2.02. The van der Waals surface area contributed by atoms with Crippen LogP contribution in [0.5, 0.6) is 5.75 Å². The number of nitrogens with one attached hydrogen (secondary N) is 2. The van der Waals surface area contributed by atoms with E-state index < -0.39 is 10.0 Å². The van der Waals surface area contributed by atoms with Crippen molar-refractivity contribution in [1.82, 2.24) is 5.32 Å². The van der Waals surface area contributed by atoms with Gasteiger partial charge in [0.05, 0.1) is 4.90 Å². The number of halogens is 1. The van der Waals surface area contributed by atoms with E-state index in [0.29, 0.717) is 28.6 Å². The van der Waals surface area contributed by atoms with E-state index in [4.69, 9.17) is 16.3 Å². The lowest BCUT2D eigenvalue weighted by Gasteiger charge is -2.13. The number of rotatable bonds is 8. The second-order valence-electron chi connectivity index (χ2n) is 7.74. The van der Waals surface area contributed by atoms with E-state index in [-0.39, 0.29) is 17.4 Å². The molecule has 0 aromatic heterocycles. The molecule has 0 unspecified atom stereocenters. The van der Waals surface area contributed by atoms with Crippen LogP contribution in [0.3, 0.4) is 0 Å². The first kappa shape index (κ1) is 23.6. The highest BCUT2D eigenvalue weighted by atomic mass is 35.5. The summed E-state index contributed by atoms with van der Waals surface area (Å²) < 4.78 is 33.5. The third-order valence-corrected chi connectivity index (χ3v) is 6.90. The molecule has 4 aromatic carbocycles. The molecule has 0 spiro atoms. The number of anilines is 1. The second kappa shape index (κ2) is 10.2. The van der Waals surface area contributed by atoms with Gasteiger partial charge in [-0.25, -0.2) is 8.42 Å². The largest absolute Gasteiger partial charge is 0.484 e. The molecule has 0 bridgehead atoms. The molecule has 4 rings (SSSR count). The lowest BCUT2D eigenvalue weighted by molar-refractivity contribution is -0.123. The smallest absolute Gasteiger partial charge is 0.261 e. The van der Waals surface area contributed by atoms with Crippen LogP contribution < -0.4 is 14.8 Å². The van der Waals surface area contributed by atoms with E-state index in [9.17, 15) is 13.2 Å². The minimum absolute atomic E-state index is 0.0905. The average Bonchev–Trinajstić information content (AvgIpc) is 2.83. The van der Waals surface area contributed by atoms with E-state index in [1.165, 1.54) is 12.1 Å². The summed E-state index contributed by atoms with van der Waals surface area (Å²) in [6.45, 7) is 1.93. The third kappa shape index (κ3) is 5.68. The maximum absolute atomic E-state index is 12.7. The van der Waals surface area contributed by atoms with Crippen LogP contribution in [0.2, 0.25) is 5.02 Å². The van der Waals surface area contributed by atoms with Gasteiger partial charge in [0.25, 0.3) is 15.9 Å². The zero-order chi connectivity index (χ0) is 24.1. The van der Waals surface area contributed by atoms with Crippen LogP contribution in [-0.4, -0.2) is 20.9 Å². The first-order valence-electron chi connectivity index (χ1n) is 10.6. The zero-order valence-electron chi connectivity index (χ0n) is 18.4. The number of sulfonamides is 1. The summed E-state index contributed by atoms with van der Waals surface area (Å²) in [6.07, 6.45) is 0. The van der Waals surface area contributed by atoms with E-state index in [0.717, 1.165) is 16.3 Å². The van der Waals surface area contributed by atoms with Crippen LogP contribution in [0, 0.1) is 6.92 Å². The normalized spacial score (nSPS) is 11.2. The molecule has 0 aliphatic carbocycles. The molecule has 0 aliphatic heterocycles. The minimum atomic E-state index is -3.78. The molecular weight excluding hydrogens is 472 g/mol. The van der Waals surface area contributed by atoms with Crippen molar-refractivity contribution in [3.8, 4) is 5.75 Å². The van der Waals surface area contributed by atoms with Crippen molar-refractivity contribution in [3.05, 3.63) is 101 Å². The fourth-order valence-corrected chi connectivity index (χ4v) is 4.79. The fraction of sp³-hybridized carbons (Fsp3) is 0.115. The van der Waals surface area contributed by atoms with Crippen molar-refractivity contribution in [2.45, 2.75) is 18.4 Å². The van der Waals surface area contributed by atoms with Crippen molar-refractivity contribution in [2.24, 2.45) is 0 Å². The number of ether oxygens (including phenoxy) is 1. The SMILES string of the molecule is Cc1cc(S(=O)(=O)Nc2ccc(Cl)cc2)ccc1OCC(=O)NCc1cccc2ccccc12. The summed E-state index contributed by atoms with van der Waals surface area (Å²) in [7, 11) is -3.78. The highest BCUT2D eigenvalue weighted by Crippen LogP contribution is 2.24. The highest BCUT2D eigenvalue weighted by molar-refractivity contribution is 7.92. The molecule has 0 saturated carbocycles. The van der Waals surface area contributed by atoms with Gasteiger partial charge in [-0.2, -0.15) is 0 Å². The third-order valence-electron chi connectivity index (χ3n) is 5.27. The van der Waals surface area contributed by atoms with Gasteiger partial charge in [-0.05, 0) is 71.3 Å². The number of carbonyl (C=O) groups excluding carboxylic acids is 1. The van der Waals surface area contributed by atoms with Crippen molar-refractivity contribution in [3.63, 3.8) is 0 Å². The number of aryl methyl sites for hydroxylation is 1. The molecule has 34 heavy (non-hydrogen) atoms. The van der Waals surface area contributed by atoms with Crippen molar-refractivity contribution in [2.75, 3.05) is 11.3 Å². The number of carbonyl (C=O) groups is 1. The Hall–Kier alpha value is -3.55. The van der Waals surface area contributed by atoms with Gasteiger partial charge in [0.2, 0.25) is 0 Å². The molecule has 1 amide bonds. The van der Waals surface area contributed by atoms with Gasteiger partial charge in [0.1, 0.15) is 5.75 Å². The molecule has 4 aromatic rings. The van der Waals surface area contributed by atoms with Crippen LogP contribution in [0.1, 0.15) is 11.1 Å². The number of benzene rings is 4. The lowest BCUT2D eigenvalue weighted by atomic mass is 10.0. The van der Waals surface area contributed by atoms with Gasteiger partial charge in [-0.3, -0.25) is 9.52 Å². The Morgan fingerprint density at radius 3 is 2.44 bits per heavy atom. The van der Waals surface area contributed by atoms with Gasteiger partial charge in [-0.1, -0.05) is 54.1 Å². The Morgan fingerprint density at radius 2 is 1.68 bits per heavy atom. The Bertz CT molecular complexity index is 1430. The molecule has 0 atom stereocenters. The second-order valence-corrected chi connectivity index (χ2v) is 9.86. The molecule has 8 heteroatoms. The highest BCUT2D eigenvalue weighted by Gasteiger charge is 2.16. The standard InChI is InChI=1S/C26H23ClN2O4S/c1-18-15-23(34(31,32)29-22-11-9-21(27)10-12-22)13-14-25(18)33-17-26(30)28-16-20-7-4-6-19-5-2-3-8-24(19)20/h2-15,29H,16-17H2,1H3,(H,28,30). The number of hydrogen-bond acceptors (Lipinski definition) is 4. The predicted octanol–water partition coefficient (Wildman–Crippen LogP) is 5.30. The Morgan fingerprint density at radius 1 is 0.941 bits per heavy atom. The van der Waals surface area contributed by atoms with Gasteiger partial charge in [0, 0.05) is 17.3 Å². The first-order valence-corrected chi connectivity index (χ1v) is 12.4. The quantitative estimate of drug-likeness (QED) is 0.348. The molecule has 0 saturated heterocycles. The van der Waals surface area contributed by atoms with Crippen LogP contribution in [0.15, 0.2) is 89.8 Å². The molecule has 2 N–H and O–H groups in total. The molecule has 0 fully saturated rings.